The van der Waals surface area contributed by atoms with Crippen molar-refractivity contribution < 1.29 is 4.74 Å². The van der Waals surface area contributed by atoms with Crippen molar-refractivity contribution in [2.75, 3.05) is 0 Å². The van der Waals surface area contributed by atoms with E-state index < -0.39 is 0 Å². The molecule has 78 valence electrons. The molecule has 3 rings (SSSR count). The predicted octanol–water partition coefficient (Wildman–Crippen LogP) is 2.15. The van der Waals surface area contributed by atoms with Gasteiger partial charge in [-0.2, -0.15) is 5.26 Å². The molecule has 0 N–H and O–H groups in total. The molecular weight excluding hydrogens is 208 g/mol. The van der Waals surface area contributed by atoms with E-state index >= 15 is 0 Å². The average molecular weight is 220 g/mol. The number of nitrogens with zero attached hydrogens (tertiary/aromatic N) is 2. The van der Waals surface area contributed by atoms with Crippen molar-refractivity contribution in [3.05, 3.63) is 16.6 Å². The van der Waals surface area contributed by atoms with Crippen LogP contribution < -0.4 is 0 Å². The highest BCUT2D eigenvalue weighted by molar-refractivity contribution is 7.09. The molecule has 0 saturated carbocycles. The molecule has 4 heteroatoms. The second-order valence-corrected chi connectivity index (χ2v) is 5.38. The van der Waals surface area contributed by atoms with Crippen LogP contribution in [0.15, 0.2) is 11.6 Å². The van der Waals surface area contributed by atoms with E-state index in [9.17, 15) is 5.26 Å². The fourth-order valence-electron chi connectivity index (χ4n) is 2.75. The Hall–Kier alpha value is -0.920. The van der Waals surface area contributed by atoms with Gasteiger partial charge in [0.15, 0.2) is 0 Å². The molecule has 0 aliphatic carbocycles. The molecule has 15 heavy (non-hydrogen) atoms. The van der Waals surface area contributed by atoms with Crippen molar-refractivity contribution in [2.24, 2.45) is 5.41 Å². The zero-order valence-electron chi connectivity index (χ0n) is 8.35. The van der Waals surface area contributed by atoms with Crippen LogP contribution in [0, 0.1) is 16.7 Å². The average Bonchev–Trinajstić information content (AvgIpc) is 2.93. The van der Waals surface area contributed by atoms with Gasteiger partial charge in [-0.05, 0) is 19.3 Å². The molecule has 0 spiro atoms. The first-order valence-electron chi connectivity index (χ1n) is 5.27. The minimum absolute atomic E-state index is 0.149. The summed E-state index contributed by atoms with van der Waals surface area (Å²) in [7, 11) is 0. The quantitative estimate of drug-likeness (QED) is 0.767. The van der Waals surface area contributed by atoms with Gasteiger partial charge in [0.25, 0.3) is 0 Å². The largest absolute Gasteiger partial charge is 0.373 e. The second kappa shape index (κ2) is 3.29. The zero-order valence-corrected chi connectivity index (χ0v) is 9.17. The molecule has 0 amide bonds. The highest BCUT2D eigenvalue weighted by atomic mass is 32.1. The Morgan fingerprint density at radius 3 is 3.13 bits per heavy atom. The summed E-state index contributed by atoms with van der Waals surface area (Å²) in [5, 5.41) is 12.4. The maximum Gasteiger partial charge on any atom is 0.0941 e. The normalized spacial score (nSPS) is 38.1. The lowest BCUT2D eigenvalue weighted by Gasteiger charge is -2.26. The number of nitriles is 1. The van der Waals surface area contributed by atoms with Crippen molar-refractivity contribution in [2.45, 2.75) is 37.9 Å². The van der Waals surface area contributed by atoms with Crippen LogP contribution in [0.5, 0.6) is 0 Å². The third-order valence-electron chi connectivity index (χ3n) is 3.49. The first-order valence-corrected chi connectivity index (χ1v) is 6.15. The molecule has 3 heterocycles. The van der Waals surface area contributed by atoms with Crippen molar-refractivity contribution in [1.29, 1.82) is 5.26 Å². The summed E-state index contributed by atoms with van der Waals surface area (Å²) in [6, 6.07) is 2.49. The van der Waals surface area contributed by atoms with E-state index in [1.165, 1.54) is 0 Å². The van der Waals surface area contributed by atoms with Crippen LogP contribution in [0.4, 0.5) is 0 Å². The van der Waals surface area contributed by atoms with Crippen molar-refractivity contribution in [1.82, 2.24) is 4.98 Å². The fraction of sp³-hybridized carbons (Fsp3) is 0.636. The summed E-state index contributed by atoms with van der Waals surface area (Å²) in [6.45, 7) is 0. The van der Waals surface area contributed by atoms with Crippen LogP contribution in [0.3, 0.4) is 0 Å². The first-order chi connectivity index (χ1) is 7.32. The van der Waals surface area contributed by atoms with Gasteiger partial charge >= 0.3 is 0 Å². The van der Waals surface area contributed by atoms with E-state index in [1.807, 2.05) is 5.38 Å². The van der Waals surface area contributed by atoms with Crippen LogP contribution in [0.1, 0.15) is 24.3 Å². The molecule has 2 aliphatic heterocycles. The Morgan fingerprint density at radius 2 is 2.60 bits per heavy atom. The molecule has 2 saturated heterocycles. The van der Waals surface area contributed by atoms with Gasteiger partial charge in [-0.25, -0.2) is 4.98 Å². The first kappa shape index (κ1) is 9.32. The smallest absolute Gasteiger partial charge is 0.0941 e. The molecule has 2 aliphatic rings. The minimum atomic E-state index is -0.291. The topological polar surface area (TPSA) is 45.9 Å². The lowest BCUT2D eigenvalue weighted by Crippen LogP contribution is -2.33. The molecule has 1 aromatic heterocycles. The predicted molar refractivity (Wildman–Crippen MR) is 56.4 cm³/mol. The highest BCUT2D eigenvalue weighted by Gasteiger charge is 2.53. The van der Waals surface area contributed by atoms with E-state index in [0.717, 1.165) is 30.7 Å². The molecule has 2 bridgehead atoms. The molecule has 3 atom stereocenters. The number of hydrogen-bond acceptors (Lipinski definition) is 4. The van der Waals surface area contributed by atoms with E-state index in [2.05, 4.69) is 11.1 Å². The van der Waals surface area contributed by atoms with Crippen molar-refractivity contribution >= 4 is 11.3 Å². The SMILES string of the molecule is N#CC1(Cc2nccs2)CC2CCC1O2. The summed E-state index contributed by atoms with van der Waals surface area (Å²) in [6.07, 6.45) is 6.12. The van der Waals surface area contributed by atoms with Gasteiger partial charge < -0.3 is 4.74 Å². The van der Waals surface area contributed by atoms with E-state index in [4.69, 9.17) is 4.74 Å². The maximum atomic E-state index is 9.38. The van der Waals surface area contributed by atoms with E-state index in [1.54, 1.807) is 17.5 Å². The standard InChI is InChI=1S/C11H12N2OS/c12-7-11(6-10-13-3-4-15-10)5-8-1-2-9(11)14-8/h3-4,8-9H,1-2,5-6H2. The Morgan fingerprint density at radius 1 is 1.67 bits per heavy atom. The number of hydrogen-bond donors (Lipinski definition) is 0. The summed E-state index contributed by atoms with van der Waals surface area (Å²) >= 11 is 1.63. The van der Waals surface area contributed by atoms with Crippen molar-refractivity contribution in [3.63, 3.8) is 0 Å². The molecular formula is C11H12N2OS. The van der Waals surface area contributed by atoms with Crippen LogP contribution in [0.25, 0.3) is 0 Å². The van der Waals surface area contributed by atoms with Gasteiger partial charge in [-0.1, -0.05) is 0 Å². The molecule has 0 radical (unpaired) electrons. The number of rotatable bonds is 2. The van der Waals surface area contributed by atoms with Gasteiger partial charge in [0.05, 0.1) is 28.7 Å². The minimum Gasteiger partial charge on any atom is -0.373 e. The Balaban J connectivity index is 1.86. The van der Waals surface area contributed by atoms with E-state index in [-0.39, 0.29) is 11.5 Å². The molecule has 0 aromatic carbocycles. The van der Waals surface area contributed by atoms with Gasteiger partial charge in [0.1, 0.15) is 0 Å². The van der Waals surface area contributed by atoms with Crippen LogP contribution in [-0.4, -0.2) is 17.2 Å². The monoisotopic (exact) mass is 220 g/mol. The summed E-state index contributed by atoms with van der Waals surface area (Å²) < 4.78 is 5.78. The van der Waals surface area contributed by atoms with E-state index in [0.29, 0.717) is 6.10 Å². The van der Waals surface area contributed by atoms with Gasteiger partial charge in [0.2, 0.25) is 0 Å². The second-order valence-electron chi connectivity index (χ2n) is 4.40. The third kappa shape index (κ3) is 1.38. The molecule has 2 fully saturated rings. The number of thiazole rings is 1. The Labute approximate surface area is 92.7 Å². The van der Waals surface area contributed by atoms with Crippen molar-refractivity contribution in [3.8, 4) is 6.07 Å². The number of aromatic nitrogens is 1. The third-order valence-corrected chi connectivity index (χ3v) is 4.27. The highest BCUT2D eigenvalue weighted by Crippen LogP contribution is 2.49. The zero-order chi connectivity index (χ0) is 10.3. The Kier molecular flexibility index (Phi) is 2.04. The fourth-order valence-corrected chi connectivity index (χ4v) is 3.49. The maximum absolute atomic E-state index is 9.38. The molecule has 1 aromatic rings. The Bertz CT molecular complexity index is 397. The van der Waals surface area contributed by atoms with Gasteiger partial charge in [-0.3, -0.25) is 0 Å². The van der Waals surface area contributed by atoms with Crippen LogP contribution in [0.2, 0.25) is 0 Å². The summed E-state index contributed by atoms with van der Waals surface area (Å²) in [5.41, 5.74) is -0.291. The van der Waals surface area contributed by atoms with Gasteiger partial charge in [-0.15, -0.1) is 11.3 Å². The lowest BCUT2D eigenvalue weighted by molar-refractivity contribution is 0.0787. The number of fused-ring (bicyclic) bond motifs is 2. The summed E-state index contributed by atoms with van der Waals surface area (Å²) in [4.78, 5) is 4.27. The molecule has 3 unspecified atom stereocenters. The molecule has 3 nitrogen and oxygen atoms in total. The van der Waals surface area contributed by atoms with Crippen LogP contribution >= 0.6 is 11.3 Å². The van der Waals surface area contributed by atoms with Crippen LogP contribution in [-0.2, 0) is 11.2 Å². The summed E-state index contributed by atoms with van der Waals surface area (Å²) in [5.74, 6) is 0. The lowest BCUT2D eigenvalue weighted by atomic mass is 9.73. The van der Waals surface area contributed by atoms with Gasteiger partial charge in [0, 0.05) is 18.0 Å². The number of ether oxygens (including phenoxy) is 1.